The summed E-state index contributed by atoms with van der Waals surface area (Å²) < 4.78 is 5.31. The zero-order valence-electron chi connectivity index (χ0n) is 11.2. The van der Waals surface area contributed by atoms with Gasteiger partial charge in [-0.15, -0.1) is 0 Å². The fourth-order valence-electron chi connectivity index (χ4n) is 2.54. The van der Waals surface area contributed by atoms with Crippen LogP contribution in [0.25, 0.3) is 0 Å². The number of nitrogens with zero attached hydrogens (tertiary/aromatic N) is 2. The number of rotatable bonds is 5. The summed E-state index contributed by atoms with van der Waals surface area (Å²) in [5.74, 6) is 2.03. The van der Waals surface area contributed by atoms with Crippen LogP contribution in [0.4, 0.5) is 0 Å². The molecule has 0 amide bonds. The fourth-order valence-corrected chi connectivity index (χ4v) is 2.54. The van der Waals surface area contributed by atoms with E-state index in [1.54, 1.807) is 0 Å². The zero-order valence-corrected chi connectivity index (χ0v) is 11.2. The highest BCUT2D eigenvalue weighted by molar-refractivity contribution is 4.97. The zero-order chi connectivity index (χ0) is 13.0. The molecule has 0 saturated heterocycles. The molecule has 1 heterocycles. The van der Waals surface area contributed by atoms with Gasteiger partial charge in [-0.05, 0) is 32.6 Å². The summed E-state index contributed by atoms with van der Waals surface area (Å²) in [6.45, 7) is 4.24. The molecule has 1 aliphatic rings. The molecule has 0 aromatic carbocycles. The van der Waals surface area contributed by atoms with Gasteiger partial charge in [-0.1, -0.05) is 12.1 Å². The molecule has 5 nitrogen and oxygen atoms in total. The van der Waals surface area contributed by atoms with E-state index in [9.17, 15) is 0 Å². The number of aromatic nitrogens is 2. The van der Waals surface area contributed by atoms with Crippen molar-refractivity contribution in [2.75, 3.05) is 6.61 Å². The predicted octanol–water partition coefficient (Wildman–Crippen LogP) is 1.63. The number of aliphatic hydroxyl groups excluding tert-OH is 1. The SMILES string of the molecule is CCc1noc(C2CCC(NC(C)CO)CC2)n1. The van der Waals surface area contributed by atoms with Crippen LogP contribution >= 0.6 is 0 Å². The van der Waals surface area contributed by atoms with Gasteiger partial charge in [0.15, 0.2) is 5.82 Å². The summed E-state index contributed by atoms with van der Waals surface area (Å²) in [7, 11) is 0. The first kappa shape index (κ1) is 13.5. The highest BCUT2D eigenvalue weighted by Crippen LogP contribution is 2.32. The first-order chi connectivity index (χ1) is 8.72. The number of nitrogens with one attached hydrogen (secondary N) is 1. The van der Waals surface area contributed by atoms with E-state index in [1.807, 2.05) is 13.8 Å². The van der Waals surface area contributed by atoms with Gasteiger partial charge in [0.1, 0.15) is 0 Å². The second-order valence-corrected chi connectivity index (χ2v) is 5.20. The molecule has 5 heteroatoms. The van der Waals surface area contributed by atoms with Crippen molar-refractivity contribution in [3.05, 3.63) is 11.7 Å². The maximum absolute atomic E-state index is 9.03. The third-order valence-corrected chi connectivity index (χ3v) is 3.67. The second-order valence-electron chi connectivity index (χ2n) is 5.20. The van der Waals surface area contributed by atoms with Gasteiger partial charge in [0, 0.05) is 24.4 Å². The average molecular weight is 253 g/mol. The molecule has 0 spiro atoms. The minimum atomic E-state index is 0.182. The van der Waals surface area contributed by atoms with Crippen LogP contribution in [0, 0.1) is 0 Å². The van der Waals surface area contributed by atoms with Gasteiger partial charge in [-0.3, -0.25) is 0 Å². The largest absolute Gasteiger partial charge is 0.395 e. The lowest BCUT2D eigenvalue weighted by Crippen LogP contribution is -2.40. The molecule has 1 saturated carbocycles. The molecule has 2 rings (SSSR count). The predicted molar refractivity (Wildman–Crippen MR) is 68.4 cm³/mol. The number of aliphatic hydroxyl groups is 1. The average Bonchev–Trinajstić information content (AvgIpc) is 2.88. The molecule has 1 unspecified atom stereocenters. The minimum absolute atomic E-state index is 0.182. The summed E-state index contributed by atoms with van der Waals surface area (Å²) in [5, 5.41) is 16.4. The van der Waals surface area contributed by atoms with Crippen molar-refractivity contribution in [2.45, 2.75) is 64.0 Å². The van der Waals surface area contributed by atoms with Crippen molar-refractivity contribution in [1.82, 2.24) is 15.5 Å². The van der Waals surface area contributed by atoms with Crippen LogP contribution in [-0.2, 0) is 6.42 Å². The van der Waals surface area contributed by atoms with E-state index in [1.165, 1.54) is 0 Å². The Morgan fingerprint density at radius 3 is 2.67 bits per heavy atom. The van der Waals surface area contributed by atoms with Crippen molar-refractivity contribution in [3.8, 4) is 0 Å². The smallest absolute Gasteiger partial charge is 0.229 e. The first-order valence-electron chi connectivity index (χ1n) is 6.92. The van der Waals surface area contributed by atoms with Gasteiger partial charge >= 0.3 is 0 Å². The molecule has 0 radical (unpaired) electrons. The summed E-state index contributed by atoms with van der Waals surface area (Å²) in [5.41, 5.74) is 0. The van der Waals surface area contributed by atoms with Crippen molar-refractivity contribution in [3.63, 3.8) is 0 Å². The highest BCUT2D eigenvalue weighted by Gasteiger charge is 2.26. The molecular formula is C13H23N3O2. The number of aryl methyl sites for hydroxylation is 1. The van der Waals surface area contributed by atoms with Gasteiger partial charge < -0.3 is 14.9 Å². The molecule has 1 aliphatic carbocycles. The summed E-state index contributed by atoms with van der Waals surface area (Å²) >= 11 is 0. The lowest BCUT2D eigenvalue weighted by molar-refractivity contribution is 0.218. The van der Waals surface area contributed by atoms with E-state index in [2.05, 4.69) is 15.5 Å². The Kier molecular flexibility index (Phi) is 4.72. The maximum atomic E-state index is 9.03. The maximum Gasteiger partial charge on any atom is 0.229 e. The Labute approximate surface area is 108 Å². The molecule has 1 aromatic rings. The van der Waals surface area contributed by atoms with Crippen molar-refractivity contribution in [1.29, 1.82) is 0 Å². The first-order valence-corrected chi connectivity index (χ1v) is 6.92. The molecule has 0 bridgehead atoms. The van der Waals surface area contributed by atoms with Crippen LogP contribution < -0.4 is 5.32 Å². The second kappa shape index (κ2) is 6.29. The molecular weight excluding hydrogens is 230 g/mol. The summed E-state index contributed by atoms with van der Waals surface area (Å²) in [6.07, 6.45) is 5.22. The van der Waals surface area contributed by atoms with E-state index in [-0.39, 0.29) is 12.6 Å². The van der Waals surface area contributed by atoms with Gasteiger partial charge in [-0.2, -0.15) is 4.98 Å². The van der Waals surface area contributed by atoms with E-state index in [0.717, 1.165) is 43.8 Å². The summed E-state index contributed by atoms with van der Waals surface area (Å²) in [4.78, 5) is 4.42. The van der Waals surface area contributed by atoms with E-state index in [4.69, 9.17) is 9.63 Å². The molecule has 18 heavy (non-hydrogen) atoms. The molecule has 1 aromatic heterocycles. The molecule has 102 valence electrons. The van der Waals surface area contributed by atoms with Crippen molar-refractivity contribution < 1.29 is 9.63 Å². The van der Waals surface area contributed by atoms with Crippen LogP contribution in [0.2, 0.25) is 0 Å². The van der Waals surface area contributed by atoms with Crippen LogP contribution in [0.5, 0.6) is 0 Å². The monoisotopic (exact) mass is 253 g/mol. The van der Waals surface area contributed by atoms with Crippen LogP contribution in [0.1, 0.15) is 57.2 Å². The Morgan fingerprint density at radius 2 is 2.11 bits per heavy atom. The van der Waals surface area contributed by atoms with Crippen LogP contribution in [-0.4, -0.2) is 33.9 Å². The molecule has 2 N–H and O–H groups in total. The fraction of sp³-hybridized carbons (Fsp3) is 0.846. The van der Waals surface area contributed by atoms with Crippen molar-refractivity contribution in [2.24, 2.45) is 0 Å². The Morgan fingerprint density at radius 1 is 1.39 bits per heavy atom. The lowest BCUT2D eigenvalue weighted by Gasteiger charge is -2.29. The van der Waals surface area contributed by atoms with Gasteiger partial charge in [0.25, 0.3) is 0 Å². The van der Waals surface area contributed by atoms with Gasteiger partial charge in [0.2, 0.25) is 5.89 Å². The number of hydrogen-bond acceptors (Lipinski definition) is 5. The minimum Gasteiger partial charge on any atom is -0.395 e. The summed E-state index contributed by atoms with van der Waals surface area (Å²) in [6, 6.07) is 0.693. The third kappa shape index (κ3) is 3.29. The number of hydrogen-bond donors (Lipinski definition) is 2. The van der Waals surface area contributed by atoms with Crippen LogP contribution in [0.15, 0.2) is 4.52 Å². The van der Waals surface area contributed by atoms with Crippen molar-refractivity contribution >= 4 is 0 Å². The normalized spacial score (nSPS) is 26.2. The Hall–Kier alpha value is -0.940. The van der Waals surface area contributed by atoms with Gasteiger partial charge in [-0.25, -0.2) is 0 Å². The highest BCUT2D eigenvalue weighted by atomic mass is 16.5. The lowest BCUT2D eigenvalue weighted by atomic mass is 9.85. The third-order valence-electron chi connectivity index (χ3n) is 3.67. The van der Waals surface area contributed by atoms with E-state index < -0.39 is 0 Å². The standard InChI is InChI=1S/C13H23N3O2/c1-3-12-15-13(18-16-12)10-4-6-11(7-5-10)14-9(2)8-17/h9-11,14,17H,3-8H2,1-2H3. The quantitative estimate of drug-likeness (QED) is 0.834. The molecule has 1 atom stereocenters. The Bertz CT molecular complexity index is 359. The molecule has 1 fully saturated rings. The van der Waals surface area contributed by atoms with Crippen LogP contribution in [0.3, 0.4) is 0 Å². The Balaban J connectivity index is 1.82. The van der Waals surface area contributed by atoms with E-state index >= 15 is 0 Å². The van der Waals surface area contributed by atoms with E-state index in [0.29, 0.717) is 12.0 Å². The topological polar surface area (TPSA) is 71.2 Å². The molecule has 0 aliphatic heterocycles. The van der Waals surface area contributed by atoms with Gasteiger partial charge in [0.05, 0.1) is 6.61 Å².